The molecule has 0 saturated heterocycles. The number of nitrogens with one attached hydrogen (secondary N) is 1. The molecular formula is C11H25N3O. The van der Waals surface area contributed by atoms with Crippen molar-refractivity contribution in [2.24, 2.45) is 11.7 Å². The molecule has 0 bridgehead atoms. The Hall–Kier alpha value is -0.610. The number of nitrogens with two attached hydrogens (primary N) is 1. The second-order valence-electron chi connectivity index (χ2n) is 4.25. The van der Waals surface area contributed by atoms with Crippen molar-refractivity contribution in [3.63, 3.8) is 0 Å². The summed E-state index contributed by atoms with van der Waals surface area (Å²) < 4.78 is 0. The predicted octanol–water partition coefficient (Wildman–Crippen LogP) is 0.428. The lowest BCUT2D eigenvalue weighted by Crippen LogP contribution is -2.38. The molecule has 3 N–H and O–H groups in total. The van der Waals surface area contributed by atoms with E-state index in [0.29, 0.717) is 12.6 Å². The summed E-state index contributed by atoms with van der Waals surface area (Å²) in [5, 5.41) is 3.23. The highest BCUT2D eigenvalue weighted by Crippen LogP contribution is 1.98. The van der Waals surface area contributed by atoms with E-state index in [1.165, 1.54) is 0 Å². The summed E-state index contributed by atoms with van der Waals surface area (Å²) in [7, 11) is 2.12. The van der Waals surface area contributed by atoms with Crippen LogP contribution < -0.4 is 11.1 Å². The number of hydrogen-bond donors (Lipinski definition) is 2. The molecule has 2 unspecified atom stereocenters. The third-order valence-electron chi connectivity index (χ3n) is 2.92. The van der Waals surface area contributed by atoms with Crippen molar-refractivity contribution in [2.75, 3.05) is 26.7 Å². The molecule has 0 aliphatic rings. The maximum atomic E-state index is 10.8. The van der Waals surface area contributed by atoms with Gasteiger partial charge in [0.1, 0.15) is 0 Å². The maximum Gasteiger partial charge on any atom is 0.221 e. The second-order valence-corrected chi connectivity index (χ2v) is 4.25. The smallest absolute Gasteiger partial charge is 0.221 e. The highest BCUT2D eigenvalue weighted by molar-refractivity contribution is 5.76. The van der Waals surface area contributed by atoms with Gasteiger partial charge >= 0.3 is 0 Å². The van der Waals surface area contributed by atoms with Gasteiger partial charge < -0.3 is 16.0 Å². The zero-order valence-corrected chi connectivity index (χ0v) is 10.4. The minimum atomic E-state index is -0.238. The number of rotatable bonds is 8. The van der Waals surface area contributed by atoms with Gasteiger partial charge in [0.15, 0.2) is 0 Å². The van der Waals surface area contributed by atoms with Crippen molar-refractivity contribution in [1.82, 2.24) is 10.2 Å². The Balaban J connectivity index is 3.50. The third kappa shape index (κ3) is 6.47. The summed E-state index contributed by atoms with van der Waals surface area (Å²) in [5.74, 6) is -0.323. The lowest BCUT2D eigenvalue weighted by atomic mass is 10.2. The first kappa shape index (κ1) is 14.4. The van der Waals surface area contributed by atoms with Gasteiger partial charge in [0.05, 0.1) is 0 Å². The van der Waals surface area contributed by atoms with Crippen molar-refractivity contribution in [3.05, 3.63) is 0 Å². The first-order valence-corrected chi connectivity index (χ1v) is 5.69. The summed E-state index contributed by atoms with van der Waals surface area (Å²) in [6.07, 6.45) is 1.16. The van der Waals surface area contributed by atoms with Gasteiger partial charge in [-0.2, -0.15) is 0 Å². The highest BCUT2D eigenvalue weighted by Gasteiger charge is 2.08. The number of likely N-dealkylation sites (N-methyl/N-ethyl adjacent to an activating group) is 1. The van der Waals surface area contributed by atoms with Gasteiger partial charge in [0, 0.05) is 31.6 Å². The van der Waals surface area contributed by atoms with E-state index in [-0.39, 0.29) is 11.8 Å². The van der Waals surface area contributed by atoms with E-state index in [1.54, 1.807) is 0 Å². The van der Waals surface area contributed by atoms with Gasteiger partial charge in [-0.15, -0.1) is 0 Å². The molecule has 15 heavy (non-hydrogen) atoms. The zero-order valence-electron chi connectivity index (χ0n) is 10.4. The van der Waals surface area contributed by atoms with Crippen LogP contribution in [0.15, 0.2) is 0 Å². The Morgan fingerprint density at radius 2 is 2.07 bits per heavy atom. The van der Waals surface area contributed by atoms with Crippen LogP contribution in [0.5, 0.6) is 0 Å². The number of primary amides is 1. The van der Waals surface area contributed by atoms with E-state index in [0.717, 1.165) is 19.5 Å². The number of amides is 1. The van der Waals surface area contributed by atoms with Crippen LogP contribution >= 0.6 is 0 Å². The molecule has 0 heterocycles. The van der Waals surface area contributed by atoms with Crippen molar-refractivity contribution in [2.45, 2.75) is 33.2 Å². The van der Waals surface area contributed by atoms with Crippen LogP contribution in [0, 0.1) is 5.92 Å². The topological polar surface area (TPSA) is 58.4 Å². The number of nitrogens with zero attached hydrogens (tertiary/aromatic N) is 1. The highest BCUT2D eigenvalue weighted by atomic mass is 16.1. The molecule has 0 aliphatic carbocycles. The molecule has 0 aromatic carbocycles. The number of hydrogen-bond acceptors (Lipinski definition) is 3. The average Bonchev–Trinajstić information content (AvgIpc) is 2.22. The summed E-state index contributed by atoms with van der Waals surface area (Å²) in [6.45, 7) is 8.81. The van der Waals surface area contributed by atoms with Crippen LogP contribution in [-0.2, 0) is 4.79 Å². The molecule has 1 amide bonds. The number of carbonyl (C=O) groups excluding carboxylic acids is 1. The van der Waals surface area contributed by atoms with Crippen LogP contribution in [-0.4, -0.2) is 43.5 Å². The molecule has 0 radical (unpaired) electrons. The molecule has 4 nitrogen and oxygen atoms in total. The third-order valence-corrected chi connectivity index (χ3v) is 2.92. The standard InChI is InChI=1S/C11H25N3O/c1-5-10(3)14(4)7-6-13-8-9(2)11(12)15/h9-10,13H,5-8H2,1-4H3,(H2,12,15). The normalized spacial score (nSPS) is 15.3. The number of carbonyl (C=O) groups is 1. The molecule has 90 valence electrons. The van der Waals surface area contributed by atoms with Gasteiger partial charge in [0.25, 0.3) is 0 Å². The van der Waals surface area contributed by atoms with Crippen LogP contribution in [0.2, 0.25) is 0 Å². The molecule has 0 aliphatic heterocycles. The van der Waals surface area contributed by atoms with Gasteiger partial charge in [-0.1, -0.05) is 13.8 Å². The summed E-state index contributed by atoms with van der Waals surface area (Å²) in [6, 6.07) is 0.611. The Labute approximate surface area is 93.2 Å². The fourth-order valence-electron chi connectivity index (χ4n) is 1.21. The van der Waals surface area contributed by atoms with Crippen LogP contribution in [0.25, 0.3) is 0 Å². The molecular weight excluding hydrogens is 190 g/mol. The Morgan fingerprint density at radius 3 is 2.53 bits per heavy atom. The lowest BCUT2D eigenvalue weighted by molar-refractivity contribution is -0.121. The maximum absolute atomic E-state index is 10.8. The monoisotopic (exact) mass is 215 g/mol. The van der Waals surface area contributed by atoms with Gasteiger partial charge in [0.2, 0.25) is 5.91 Å². The van der Waals surface area contributed by atoms with Crippen LogP contribution in [0.4, 0.5) is 0 Å². The van der Waals surface area contributed by atoms with E-state index < -0.39 is 0 Å². The second kappa shape index (κ2) is 7.65. The molecule has 0 rings (SSSR count). The summed E-state index contributed by atoms with van der Waals surface area (Å²) in [5.41, 5.74) is 5.16. The first-order chi connectivity index (χ1) is 6.99. The lowest BCUT2D eigenvalue weighted by Gasteiger charge is -2.23. The molecule has 0 spiro atoms. The zero-order chi connectivity index (χ0) is 11.8. The fraction of sp³-hybridized carbons (Fsp3) is 0.909. The Bertz CT molecular complexity index is 185. The van der Waals surface area contributed by atoms with E-state index >= 15 is 0 Å². The van der Waals surface area contributed by atoms with Crippen LogP contribution in [0.3, 0.4) is 0 Å². The van der Waals surface area contributed by atoms with Crippen molar-refractivity contribution < 1.29 is 4.79 Å². The van der Waals surface area contributed by atoms with Crippen molar-refractivity contribution >= 4 is 5.91 Å². The van der Waals surface area contributed by atoms with E-state index in [9.17, 15) is 4.79 Å². The van der Waals surface area contributed by atoms with E-state index in [2.05, 4.69) is 31.1 Å². The van der Waals surface area contributed by atoms with Gasteiger partial charge in [-0.3, -0.25) is 4.79 Å². The fourth-order valence-corrected chi connectivity index (χ4v) is 1.21. The molecule has 2 atom stereocenters. The largest absolute Gasteiger partial charge is 0.369 e. The minimum Gasteiger partial charge on any atom is -0.369 e. The SMILES string of the molecule is CCC(C)N(C)CCNCC(C)C(N)=O. The summed E-state index contributed by atoms with van der Waals surface area (Å²) >= 11 is 0. The molecule has 0 saturated carbocycles. The van der Waals surface area contributed by atoms with Crippen molar-refractivity contribution in [3.8, 4) is 0 Å². The molecule has 0 aromatic heterocycles. The minimum absolute atomic E-state index is 0.0843. The quantitative estimate of drug-likeness (QED) is 0.577. The predicted molar refractivity (Wildman–Crippen MR) is 63.6 cm³/mol. The molecule has 0 aromatic rings. The molecule has 4 heteroatoms. The molecule has 0 fully saturated rings. The van der Waals surface area contributed by atoms with Gasteiger partial charge in [-0.25, -0.2) is 0 Å². The van der Waals surface area contributed by atoms with Crippen LogP contribution in [0.1, 0.15) is 27.2 Å². The van der Waals surface area contributed by atoms with Crippen molar-refractivity contribution in [1.29, 1.82) is 0 Å². The summed E-state index contributed by atoms with van der Waals surface area (Å²) in [4.78, 5) is 13.1. The van der Waals surface area contributed by atoms with E-state index in [4.69, 9.17) is 5.73 Å². The van der Waals surface area contributed by atoms with Gasteiger partial charge in [-0.05, 0) is 20.4 Å². The van der Waals surface area contributed by atoms with E-state index in [1.807, 2.05) is 6.92 Å². The average molecular weight is 215 g/mol. The first-order valence-electron chi connectivity index (χ1n) is 5.69. The Morgan fingerprint density at radius 1 is 1.47 bits per heavy atom. The Kier molecular flexibility index (Phi) is 7.34.